The van der Waals surface area contributed by atoms with Crippen molar-refractivity contribution in [3.05, 3.63) is 68.7 Å². The number of hydrogen-bond acceptors (Lipinski definition) is 3. The molecule has 1 aliphatic rings. The van der Waals surface area contributed by atoms with Crippen LogP contribution in [0.2, 0.25) is 15.1 Å². The number of aliphatic carboxylic acids is 1. The van der Waals surface area contributed by atoms with Crippen molar-refractivity contribution in [3.63, 3.8) is 0 Å². The van der Waals surface area contributed by atoms with Crippen LogP contribution in [-0.2, 0) is 14.3 Å². The number of carboxylic acid groups (broad SMARTS) is 1. The van der Waals surface area contributed by atoms with Gasteiger partial charge in [0.15, 0.2) is 0 Å². The Hall–Kier alpha value is -1.79. The lowest BCUT2D eigenvalue weighted by atomic mass is 9.90. The number of amides is 1. The van der Waals surface area contributed by atoms with Crippen LogP contribution < -0.4 is 0 Å². The van der Waals surface area contributed by atoms with Crippen LogP contribution in [-0.4, -0.2) is 34.5 Å². The fourth-order valence-corrected chi connectivity index (χ4v) is 4.05. The standard InChI is InChI=1S/C21H20Cl3NO4/c1-2-3-17(21(27)28)25-18(26)11-29-20(12-4-7-14(22)8-5-12)19(25)13-6-9-15(23)16(24)10-13/h4-10,17,19-20H,2-3,11H2,1H3,(H,27,28)/t17-,19+,20-/m1/s1. The van der Waals surface area contributed by atoms with E-state index in [0.29, 0.717) is 33.5 Å². The normalized spacial score (nSPS) is 20.6. The molecule has 3 rings (SSSR count). The summed E-state index contributed by atoms with van der Waals surface area (Å²) in [7, 11) is 0. The van der Waals surface area contributed by atoms with Gasteiger partial charge in [0.1, 0.15) is 18.8 Å². The zero-order chi connectivity index (χ0) is 21.1. The Morgan fingerprint density at radius 1 is 1.14 bits per heavy atom. The third-order valence-corrected chi connectivity index (χ3v) is 5.92. The number of morpholine rings is 1. The summed E-state index contributed by atoms with van der Waals surface area (Å²) in [6.45, 7) is 1.67. The highest BCUT2D eigenvalue weighted by atomic mass is 35.5. The molecule has 0 saturated carbocycles. The summed E-state index contributed by atoms with van der Waals surface area (Å²) in [5.41, 5.74) is 1.43. The van der Waals surface area contributed by atoms with Gasteiger partial charge in [-0.25, -0.2) is 4.79 Å². The topological polar surface area (TPSA) is 66.8 Å². The second-order valence-electron chi connectivity index (χ2n) is 6.85. The number of benzene rings is 2. The van der Waals surface area contributed by atoms with Gasteiger partial charge in [-0.15, -0.1) is 0 Å². The summed E-state index contributed by atoms with van der Waals surface area (Å²) in [6, 6.07) is 10.4. The lowest BCUT2D eigenvalue weighted by Gasteiger charge is -2.44. The van der Waals surface area contributed by atoms with Crippen molar-refractivity contribution < 1.29 is 19.4 Å². The number of carbonyl (C=O) groups is 2. The van der Waals surface area contributed by atoms with Crippen LogP contribution in [0.5, 0.6) is 0 Å². The van der Waals surface area contributed by atoms with Gasteiger partial charge < -0.3 is 14.7 Å². The van der Waals surface area contributed by atoms with E-state index in [4.69, 9.17) is 39.5 Å². The van der Waals surface area contributed by atoms with Gasteiger partial charge in [0.05, 0.1) is 16.1 Å². The van der Waals surface area contributed by atoms with Gasteiger partial charge in [0, 0.05) is 5.02 Å². The summed E-state index contributed by atoms with van der Waals surface area (Å²) in [5, 5.41) is 11.1. The molecule has 1 saturated heterocycles. The average molecular weight is 457 g/mol. The van der Waals surface area contributed by atoms with Crippen LogP contribution in [0.25, 0.3) is 0 Å². The van der Waals surface area contributed by atoms with Crippen molar-refractivity contribution >= 4 is 46.7 Å². The highest BCUT2D eigenvalue weighted by Gasteiger charge is 2.44. The molecule has 0 bridgehead atoms. The van der Waals surface area contributed by atoms with E-state index >= 15 is 0 Å². The molecule has 0 aliphatic carbocycles. The number of rotatable bonds is 6. The number of hydrogen-bond donors (Lipinski definition) is 1. The van der Waals surface area contributed by atoms with Gasteiger partial charge in [0.25, 0.3) is 0 Å². The van der Waals surface area contributed by atoms with Crippen LogP contribution >= 0.6 is 34.8 Å². The molecule has 0 radical (unpaired) electrons. The Morgan fingerprint density at radius 3 is 2.38 bits per heavy atom. The minimum atomic E-state index is -1.05. The molecule has 3 atom stereocenters. The second-order valence-corrected chi connectivity index (χ2v) is 8.10. The van der Waals surface area contributed by atoms with Gasteiger partial charge in [-0.2, -0.15) is 0 Å². The Morgan fingerprint density at radius 2 is 1.79 bits per heavy atom. The largest absolute Gasteiger partial charge is 0.480 e. The maximum Gasteiger partial charge on any atom is 0.326 e. The van der Waals surface area contributed by atoms with Crippen molar-refractivity contribution in [1.82, 2.24) is 4.90 Å². The number of nitrogens with zero attached hydrogens (tertiary/aromatic N) is 1. The Bertz CT molecular complexity index is 903. The SMILES string of the molecule is CCC[C@H](C(=O)O)N1C(=O)CO[C@H](c2ccc(Cl)cc2)[C@@H]1c1ccc(Cl)c(Cl)c1. The predicted molar refractivity (Wildman–Crippen MR) is 113 cm³/mol. The highest BCUT2D eigenvalue weighted by molar-refractivity contribution is 6.42. The van der Waals surface area contributed by atoms with E-state index in [-0.39, 0.29) is 12.5 Å². The first-order valence-corrected chi connectivity index (χ1v) is 10.3. The molecular weight excluding hydrogens is 437 g/mol. The van der Waals surface area contributed by atoms with Crippen molar-refractivity contribution in [1.29, 1.82) is 0 Å². The summed E-state index contributed by atoms with van der Waals surface area (Å²) in [6.07, 6.45) is 0.356. The Balaban J connectivity index is 2.14. The highest BCUT2D eigenvalue weighted by Crippen LogP contribution is 2.43. The first-order valence-electron chi connectivity index (χ1n) is 9.19. The van der Waals surface area contributed by atoms with Gasteiger partial charge in [-0.05, 0) is 41.8 Å². The Labute approximate surface area is 184 Å². The second kappa shape index (κ2) is 9.35. The van der Waals surface area contributed by atoms with E-state index in [1.165, 1.54) is 4.90 Å². The fraction of sp³-hybridized carbons (Fsp3) is 0.333. The molecule has 5 nitrogen and oxygen atoms in total. The zero-order valence-corrected chi connectivity index (χ0v) is 17.9. The molecule has 1 amide bonds. The maximum atomic E-state index is 12.8. The molecule has 2 aromatic carbocycles. The molecule has 0 unspecified atom stereocenters. The lowest BCUT2D eigenvalue weighted by Crippen LogP contribution is -2.53. The summed E-state index contributed by atoms with van der Waals surface area (Å²) in [5.74, 6) is -1.44. The fourth-order valence-electron chi connectivity index (χ4n) is 3.61. The zero-order valence-electron chi connectivity index (χ0n) is 15.6. The minimum absolute atomic E-state index is 0.210. The molecule has 0 aromatic heterocycles. The van der Waals surface area contributed by atoms with Crippen LogP contribution in [0.1, 0.15) is 43.0 Å². The first kappa shape index (κ1) is 21.9. The van der Waals surface area contributed by atoms with Crippen molar-refractivity contribution in [2.45, 2.75) is 38.0 Å². The maximum absolute atomic E-state index is 12.8. The molecule has 2 aromatic rings. The Kier molecular flexibility index (Phi) is 7.06. The lowest BCUT2D eigenvalue weighted by molar-refractivity contribution is -0.171. The van der Waals surface area contributed by atoms with E-state index in [2.05, 4.69) is 0 Å². The first-order chi connectivity index (χ1) is 13.8. The van der Waals surface area contributed by atoms with Gasteiger partial charge in [0.2, 0.25) is 5.91 Å². The number of carboxylic acids is 1. The van der Waals surface area contributed by atoms with Crippen LogP contribution in [0.4, 0.5) is 0 Å². The molecular formula is C21H20Cl3NO4. The number of ether oxygens (including phenoxy) is 1. The van der Waals surface area contributed by atoms with Crippen molar-refractivity contribution in [3.8, 4) is 0 Å². The summed E-state index contributed by atoms with van der Waals surface area (Å²) < 4.78 is 5.89. The van der Waals surface area contributed by atoms with E-state index in [0.717, 1.165) is 5.56 Å². The quantitative estimate of drug-likeness (QED) is 0.619. The smallest absolute Gasteiger partial charge is 0.326 e. The van der Waals surface area contributed by atoms with E-state index in [9.17, 15) is 14.7 Å². The molecule has 0 spiro atoms. The predicted octanol–water partition coefficient (Wildman–Crippen LogP) is 5.54. The van der Waals surface area contributed by atoms with Gasteiger partial charge in [-0.3, -0.25) is 4.79 Å². The van der Waals surface area contributed by atoms with E-state index < -0.39 is 24.2 Å². The minimum Gasteiger partial charge on any atom is -0.480 e. The van der Waals surface area contributed by atoms with E-state index in [1.54, 1.807) is 42.5 Å². The third kappa shape index (κ3) is 4.69. The van der Waals surface area contributed by atoms with Crippen LogP contribution in [0.15, 0.2) is 42.5 Å². The summed E-state index contributed by atoms with van der Waals surface area (Å²) in [4.78, 5) is 26.3. The van der Waals surface area contributed by atoms with Crippen LogP contribution in [0, 0.1) is 0 Å². The monoisotopic (exact) mass is 455 g/mol. The van der Waals surface area contributed by atoms with Gasteiger partial charge in [-0.1, -0.05) is 66.3 Å². The van der Waals surface area contributed by atoms with Crippen molar-refractivity contribution in [2.75, 3.05) is 6.61 Å². The molecule has 1 heterocycles. The summed E-state index contributed by atoms with van der Waals surface area (Å²) >= 11 is 18.3. The molecule has 8 heteroatoms. The van der Waals surface area contributed by atoms with Crippen LogP contribution in [0.3, 0.4) is 0 Å². The van der Waals surface area contributed by atoms with Crippen molar-refractivity contribution in [2.24, 2.45) is 0 Å². The average Bonchev–Trinajstić information content (AvgIpc) is 2.69. The third-order valence-electron chi connectivity index (χ3n) is 4.93. The molecule has 1 aliphatic heterocycles. The number of halogens is 3. The molecule has 1 fully saturated rings. The number of carbonyl (C=O) groups excluding carboxylic acids is 1. The van der Waals surface area contributed by atoms with Gasteiger partial charge >= 0.3 is 5.97 Å². The molecule has 154 valence electrons. The molecule has 29 heavy (non-hydrogen) atoms. The molecule has 1 N–H and O–H groups in total. The van der Waals surface area contributed by atoms with E-state index in [1.807, 2.05) is 6.92 Å².